The smallest absolute Gasteiger partial charge is 0.243 e. The maximum Gasteiger partial charge on any atom is 0.243 e. The van der Waals surface area contributed by atoms with Gasteiger partial charge >= 0.3 is 0 Å². The van der Waals surface area contributed by atoms with Gasteiger partial charge in [0.2, 0.25) is 5.89 Å². The molecule has 2 aromatic rings. The summed E-state index contributed by atoms with van der Waals surface area (Å²) in [5, 5.41) is 4.41. The molecule has 1 aliphatic heterocycles. The van der Waals surface area contributed by atoms with E-state index in [4.69, 9.17) is 10.3 Å². The van der Waals surface area contributed by atoms with Gasteiger partial charge in [0.25, 0.3) is 0 Å². The van der Waals surface area contributed by atoms with Crippen LogP contribution in [0.25, 0.3) is 0 Å². The summed E-state index contributed by atoms with van der Waals surface area (Å²) < 4.78 is 5.25. The molecule has 18 heavy (non-hydrogen) atoms. The molecule has 3 heterocycles. The van der Waals surface area contributed by atoms with Crippen LogP contribution in [0.3, 0.4) is 0 Å². The third kappa shape index (κ3) is 2.41. The normalized spacial score (nSPS) is 21.3. The van der Waals surface area contributed by atoms with E-state index < -0.39 is 0 Å². The molecule has 0 amide bonds. The average Bonchev–Trinajstić information content (AvgIpc) is 3.11. The zero-order chi connectivity index (χ0) is 12.4. The summed E-state index contributed by atoms with van der Waals surface area (Å²) in [5.41, 5.74) is 7.02. The summed E-state index contributed by atoms with van der Waals surface area (Å²) in [7, 11) is 0. The number of nitrogens with two attached hydrogens (primary N) is 1. The molecule has 0 radical (unpaired) electrons. The number of nitrogens with one attached hydrogen (secondary N) is 1. The van der Waals surface area contributed by atoms with Gasteiger partial charge in [-0.1, -0.05) is 5.16 Å². The SMILES string of the molecule is NC(Cc1cnc[nH]1)c1nc(C2CCCS2)no1. The quantitative estimate of drug-likeness (QED) is 0.872. The second kappa shape index (κ2) is 5.11. The van der Waals surface area contributed by atoms with Crippen LogP contribution in [0, 0.1) is 0 Å². The molecule has 96 valence electrons. The molecule has 1 aliphatic rings. The Bertz CT molecular complexity index is 491. The topological polar surface area (TPSA) is 93.6 Å². The van der Waals surface area contributed by atoms with Crippen molar-refractivity contribution in [3.8, 4) is 0 Å². The molecule has 0 spiro atoms. The van der Waals surface area contributed by atoms with Gasteiger partial charge in [0.1, 0.15) is 0 Å². The second-order valence-corrected chi connectivity index (χ2v) is 5.69. The zero-order valence-electron chi connectivity index (χ0n) is 9.87. The van der Waals surface area contributed by atoms with Gasteiger partial charge in [0, 0.05) is 18.3 Å². The van der Waals surface area contributed by atoms with E-state index in [1.165, 1.54) is 12.2 Å². The summed E-state index contributed by atoms with van der Waals surface area (Å²) in [6.07, 6.45) is 6.36. The van der Waals surface area contributed by atoms with E-state index in [9.17, 15) is 0 Å². The van der Waals surface area contributed by atoms with Crippen molar-refractivity contribution in [1.82, 2.24) is 20.1 Å². The Morgan fingerprint density at radius 3 is 3.28 bits per heavy atom. The Balaban J connectivity index is 1.68. The molecule has 2 atom stereocenters. The fraction of sp³-hybridized carbons (Fsp3) is 0.545. The highest BCUT2D eigenvalue weighted by atomic mass is 32.2. The van der Waals surface area contributed by atoms with Crippen LogP contribution in [0.1, 0.15) is 41.5 Å². The first kappa shape index (κ1) is 11.7. The number of hydrogen-bond acceptors (Lipinski definition) is 6. The zero-order valence-corrected chi connectivity index (χ0v) is 10.7. The molecule has 3 N–H and O–H groups in total. The molecule has 0 aromatic carbocycles. The maximum absolute atomic E-state index is 6.05. The van der Waals surface area contributed by atoms with E-state index in [1.807, 2.05) is 11.8 Å². The predicted molar refractivity (Wildman–Crippen MR) is 68.0 cm³/mol. The number of imidazole rings is 1. The van der Waals surface area contributed by atoms with Crippen LogP contribution in [0.15, 0.2) is 17.0 Å². The van der Waals surface area contributed by atoms with Crippen molar-refractivity contribution in [3.63, 3.8) is 0 Å². The molecule has 1 saturated heterocycles. The number of H-pyrrole nitrogens is 1. The fourth-order valence-corrected chi connectivity index (χ4v) is 3.23. The van der Waals surface area contributed by atoms with E-state index in [2.05, 4.69) is 20.1 Å². The molecule has 7 heteroatoms. The minimum absolute atomic E-state index is 0.280. The molecule has 2 aromatic heterocycles. The van der Waals surface area contributed by atoms with Gasteiger partial charge in [-0.05, 0) is 18.6 Å². The Morgan fingerprint density at radius 1 is 1.61 bits per heavy atom. The van der Waals surface area contributed by atoms with E-state index in [1.54, 1.807) is 12.5 Å². The lowest BCUT2D eigenvalue weighted by Crippen LogP contribution is -2.14. The lowest BCUT2D eigenvalue weighted by molar-refractivity contribution is 0.349. The van der Waals surface area contributed by atoms with Crippen LogP contribution in [0.2, 0.25) is 0 Å². The molecule has 6 nitrogen and oxygen atoms in total. The summed E-state index contributed by atoms with van der Waals surface area (Å²) in [4.78, 5) is 11.4. The first-order valence-corrected chi connectivity index (χ1v) is 7.06. The standard InChI is InChI=1S/C11H15N5OS/c12-8(4-7-5-13-6-14-7)11-15-10(16-17-11)9-2-1-3-18-9/h5-6,8-9H,1-4,12H2,(H,13,14). The van der Waals surface area contributed by atoms with Gasteiger partial charge in [-0.15, -0.1) is 0 Å². The van der Waals surface area contributed by atoms with E-state index >= 15 is 0 Å². The number of aromatic amines is 1. The highest BCUT2D eigenvalue weighted by Gasteiger charge is 2.24. The molecular weight excluding hydrogens is 250 g/mol. The van der Waals surface area contributed by atoms with Crippen molar-refractivity contribution >= 4 is 11.8 Å². The lowest BCUT2D eigenvalue weighted by Gasteiger charge is -2.04. The Kier molecular flexibility index (Phi) is 3.33. The minimum atomic E-state index is -0.280. The first-order chi connectivity index (χ1) is 8.83. The number of nitrogens with zero attached hydrogens (tertiary/aromatic N) is 3. The Morgan fingerprint density at radius 2 is 2.56 bits per heavy atom. The lowest BCUT2D eigenvalue weighted by atomic mass is 10.2. The van der Waals surface area contributed by atoms with Gasteiger partial charge in [-0.25, -0.2) is 4.98 Å². The van der Waals surface area contributed by atoms with Gasteiger partial charge in [0.05, 0.1) is 17.6 Å². The van der Waals surface area contributed by atoms with Gasteiger partial charge in [0.15, 0.2) is 5.82 Å². The molecule has 3 rings (SSSR count). The van der Waals surface area contributed by atoms with Crippen LogP contribution >= 0.6 is 11.8 Å². The van der Waals surface area contributed by atoms with Crippen molar-refractivity contribution in [2.45, 2.75) is 30.6 Å². The van der Waals surface area contributed by atoms with Crippen molar-refractivity contribution in [2.75, 3.05) is 5.75 Å². The average molecular weight is 265 g/mol. The van der Waals surface area contributed by atoms with Crippen molar-refractivity contribution in [2.24, 2.45) is 5.73 Å². The van der Waals surface area contributed by atoms with Crippen LogP contribution in [-0.4, -0.2) is 25.9 Å². The summed E-state index contributed by atoms with van der Waals surface area (Å²) in [6, 6.07) is -0.280. The number of hydrogen-bond donors (Lipinski definition) is 2. The van der Waals surface area contributed by atoms with Crippen molar-refractivity contribution < 1.29 is 4.52 Å². The molecular formula is C11H15N5OS. The summed E-state index contributed by atoms with van der Waals surface area (Å²) in [6.45, 7) is 0. The summed E-state index contributed by atoms with van der Waals surface area (Å²) >= 11 is 1.88. The Hall–Kier alpha value is -1.34. The second-order valence-electron chi connectivity index (χ2n) is 4.38. The Labute approximate surface area is 109 Å². The van der Waals surface area contributed by atoms with Crippen molar-refractivity contribution in [3.05, 3.63) is 29.9 Å². The molecule has 0 bridgehead atoms. The van der Waals surface area contributed by atoms with Crippen LogP contribution in [0.4, 0.5) is 0 Å². The number of aromatic nitrogens is 4. The largest absolute Gasteiger partial charge is 0.348 e. The fourth-order valence-electron chi connectivity index (χ4n) is 2.03. The van der Waals surface area contributed by atoms with Gasteiger partial charge in [-0.2, -0.15) is 16.7 Å². The van der Waals surface area contributed by atoms with E-state index in [0.29, 0.717) is 17.6 Å². The number of rotatable bonds is 4. The van der Waals surface area contributed by atoms with Crippen LogP contribution < -0.4 is 5.73 Å². The summed E-state index contributed by atoms with van der Waals surface area (Å²) in [5.74, 6) is 2.47. The monoisotopic (exact) mass is 265 g/mol. The molecule has 1 fully saturated rings. The number of thioether (sulfide) groups is 1. The molecule has 2 unspecified atom stereocenters. The van der Waals surface area contributed by atoms with Gasteiger partial charge < -0.3 is 15.2 Å². The predicted octanol–water partition coefficient (Wildman–Crippen LogP) is 1.60. The van der Waals surface area contributed by atoms with Crippen LogP contribution in [0.5, 0.6) is 0 Å². The van der Waals surface area contributed by atoms with E-state index in [0.717, 1.165) is 17.9 Å². The molecule has 0 aliphatic carbocycles. The maximum atomic E-state index is 6.05. The van der Waals surface area contributed by atoms with Crippen molar-refractivity contribution in [1.29, 1.82) is 0 Å². The van der Waals surface area contributed by atoms with Gasteiger partial charge in [-0.3, -0.25) is 0 Å². The molecule has 0 saturated carbocycles. The third-order valence-electron chi connectivity index (χ3n) is 2.99. The van der Waals surface area contributed by atoms with Crippen LogP contribution in [-0.2, 0) is 6.42 Å². The third-order valence-corrected chi connectivity index (χ3v) is 4.36. The first-order valence-electron chi connectivity index (χ1n) is 6.01. The van der Waals surface area contributed by atoms with E-state index in [-0.39, 0.29) is 6.04 Å². The highest BCUT2D eigenvalue weighted by molar-refractivity contribution is 7.99. The minimum Gasteiger partial charge on any atom is -0.348 e. The highest BCUT2D eigenvalue weighted by Crippen LogP contribution is 2.38.